The molecule has 3 rings (SSSR count). The fourth-order valence-corrected chi connectivity index (χ4v) is 3.77. The Labute approximate surface area is 210 Å². The number of hydrogen-bond acceptors (Lipinski definition) is 4. The summed E-state index contributed by atoms with van der Waals surface area (Å²) in [6, 6.07) is 13.1. The molecule has 176 valence electrons. The van der Waals surface area contributed by atoms with Crippen LogP contribution in [-0.4, -0.2) is 50.3 Å². The molecule has 1 saturated heterocycles. The first-order valence-corrected chi connectivity index (χ1v) is 11.3. The van der Waals surface area contributed by atoms with E-state index in [1.807, 2.05) is 19.3 Å². The molecule has 0 spiro atoms. The molecule has 1 aromatic carbocycles. The number of benzene rings is 1. The highest BCUT2D eigenvalue weighted by Gasteiger charge is 2.21. The van der Waals surface area contributed by atoms with Crippen LogP contribution in [-0.2, 0) is 23.1 Å². The summed E-state index contributed by atoms with van der Waals surface area (Å²) >= 11 is 0. The molecule has 0 radical (unpaired) electrons. The number of hydrogen-bond donors (Lipinski definition) is 2. The van der Waals surface area contributed by atoms with Crippen LogP contribution in [0.15, 0.2) is 47.6 Å². The van der Waals surface area contributed by atoms with Crippen LogP contribution in [0.4, 0.5) is 5.82 Å². The van der Waals surface area contributed by atoms with Gasteiger partial charge in [-0.15, -0.1) is 24.0 Å². The second kappa shape index (κ2) is 12.4. The summed E-state index contributed by atoms with van der Waals surface area (Å²) in [4.78, 5) is 11.2. The molecule has 0 amide bonds. The molecule has 0 aliphatic carbocycles. The predicted octanol–water partition coefficient (Wildman–Crippen LogP) is 4.13. The molecule has 0 saturated carbocycles. The summed E-state index contributed by atoms with van der Waals surface area (Å²) in [6.45, 7) is 12.8. The molecule has 1 unspecified atom stereocenters. The highest BCUT2D eigenvalue weighted by molar-refractivity contribution is 14.0. The van der Waals surface area contributed by atoms with Gasteiger partial charge in [0.25, 0.3) is 0 Å². The number of halogens is 1. The Kier molecular flexibility index (Phi) is 10.2. The highest BCUT2D eigenvalue weighted by Crippen LogP contribution is 2.23. The van der Waals surface area contributed by atoms with E-state index in [1.165, 1.54) is 16.7 Å². The van der Waals surface area contributed by atoms with Crippen molar-refractivity contribution in [3.05, 3.63) is 59.3 Å². The van der Waals surface area contributed by atoms with Crippen molar-refractivity contribution in [2.45, 2.75) is 52.2 Å². The number of aromatic nitrogens is 1. The molecule has 7 heteroatoms. The Morgan fingerprint density at radius 3 is 2.59 bits per heavy atom. The minimum atomic E-state index is 0. The van der Waals surface area contributed by atoms with Gasteiger partial charge in [0.05, 0.1) is 12.7 Å². The van der Waals surface area contributed by atoms with Crippen molar-refractivity contribution in [1.29, 1.82) is 0 Å². The SMILES string of the molecule is CCc1ccc(C(C)(C)CNC(=NC)NCc2ccnc(N3CCOC(C)C3)c2)cc1.I. The maximum atomic E-state index is 5.65. The van der Waals surface area contributed by atoms with Gasteiger partial charge in [-0.25, -0.2) is 4.98 Å². The number of anilines is 1. The molecule has 1 aliphatic rings. The van der Waals surface area contributed by atoms with Gasteiger partial charge in [0.15, 0.2) is 5.96 Å². The van der Waals surface area contributed by atoms with Crippen LogP contribution in [0.2, 0.25) is 0 Å². The molecule has 2 N–H and O–H groups in total. The number of aliphatic imine (C=N–C) groups is 1. The van der Waals surface area contributed by atoms with Crippen molar-refractivity contribution in [2.24, 2.45) is 4.99 Å². The van der Waals surface area contributed by atoms with E-state index in [-0.39, 0.29) is 35.5 Å². The molecular weight excluding hydrogens is 513 g/mol. The molecule has 0 bridgehead atoms. The quantitative estimate of drug-likeness (QED) is 0.308. The van der Waals surface area contributed by atoms with E-state index in [4.69, 9.17) is 4.74 Å². The zero-order valence-corrected chi connectivity index (χ0v) is 22.3. The van der Waals surface area contributed by atoms with E-state index < -0.39 is 0 Å². The highest BCUT2D eigenvalue weighted by atomic mass is 127. The van der Waals surface area contributed by atoms with Gasteiger partial charge in [-0.3, -0.25) is 4.99 Å². The summed E-state index contributed by atoms with van der Waals surface area (Å²) in [7, 11) is 1.81. The smallest absolute Gasteiger partial charge is 0.191 e. The number of ether oxygens (including phenoxy) is 1. The van der Waals surface area contributed by atoms with E-state index in [0.717, 1.165) is 44.4 Å². The molecule has 2 aromatic rings. The Balaban J connectivity index is 0.00000363. The van der Waals surface area contributed by atoms with Crippen LogP contribution in [0.25, 0.3) is 0 Å². The van der Waals surface area contributed by atoms with Crippen LogP contribution >= 0.6 is 24.0 Å². The van der Waals surface area contributed by atoms with Crippen molar-refractivity contribution >= 4 is 35.8 Å². The Morgan fingerprint density at radius 1 is 1.19 bits per heavy atom. The second-order valence-electron chi connectivity index (χ2n) is 8.86. The summed E-state index contributed by atoms with van der Waals surface area (Å²) in [5, 5.41) is 6.92. The molecule has 1 aromatic heterocycles. The van der Waals surface area contributed by atoms with Crippen LogP contribution in [0.3, 0.4) is 0 Å². The standard InChI is InChI=1S/C25H37N5O.HI/c1-6-20-7-9-22(10-8-20)25(3,4)18-29-24(26-5)28-16-21-11-12-27-23(15-21)30-13-14-31-19(2)17-30;/h7-12,15,19H,6,13-14,16-18H2,1-5H3,(H2,26,28,29);1H. The van der Waals surface area contributed by atoms with Crippen LogP contribution < -0.4 is 15.5 Å². The third kappa shape index (κ3) is 7.33. The van der Waals surface area contributed by atoms with Gasteiger partial charge in [0.1, 0.15) is 5.82 Å². The molecule has 1 aliphatic heterocycles. The normalized spacial score (nSPS) is 17.0. The number of rotatable bonds is 7. The number of morpholine rings is 1. The predicted molar refractivity (Wildman–Crippen MR) is 144 cm³/mol. The molecule has 2 heterocycles. The van der Waals surface area contributed by atoms with E-state index in [2.05, 4.69) is 83.5 Å². The van der Waals surface area contributed by atoms with Crippen molar-refractivity contribution in [3.8, 4) is 0 Å². The van der Waals surface area contributed by atoms with Crippen LogP contribution in [0.1, 0.15) is 44.4 Å². The largest absolute Gasteiger partial charge is 0.375 e. The lowest BCUT2D eigenvalue weighted by molar-refractivity contribution is 0.0529. The fourth-order valence-electron chi connectivity index (χ4n) is 3.77. The van der Waals surface area contributed by atoms with E-state index in [0.29, 0.717) is 6.54 Å². The Hall–Kier alpha value is -1.87. The maximum absolute atomic E-state index is 5.65. The van der Waals surface area contributed by atoms with Gasteiger partial charge in [0, 0.05) is 44.8 Å². The lowest BCUT2D eigenvalue weighted by Gasteiger charge is -2.32. The first-order chi connectivity index (χ1) is 14.9. The number of nitrogens with one attached hydrogen (secondary N) is 2. The summed E-state index contributed by atoms with van der Waals surface area (Å²) in [5.41, 5.74) is 3.88. The monoisotopic (exact) mass is 551 g/mol. The molecule has 1 atom stereocenters. The van der Waals surface area contributed by atoms with Gasteiger partial charge in [-0.2, -0.15) is 0 Å². The Bertz CT molecular complexity index is 869. The average Bonchev–Trinajstić information content (AvgIpc) is 2.79. The minimum absolute atomic E-state index is 0. The summed E-state index contributed by atoms with van der Waals surface area (Å²) in [5.74, 6) is 1.81. The van der Waals surface area contributed by atoms with Gasteiger partial charge >= 0.3 is 0 Å². The van der Waals surface area contributed by atoms with E-state index >= 15 is 0 Å². The first kappa shape index (κ1) is 26.4. The van der Waals surface area contributed by atoms with Crippen molar-refractivity contribution in [1.82, 2.24) is 15.6 Å². The Morgan fingerprint density at radius 2 is 1.94 bits per heavy atom. The average molecular weight is 552 g/mol. The van der Waals surface area contributed by atoms with Crippen LogP contribution in [0.5, 0.6) is 0 Å². The molecule has 1 fully saturated rings. The van der Waals surface area contributed by atoms with Gasteiger partial charge < -0.3 is 20.3 Å². The van der Waals surface area contributed by atoms with E-state index in [1.54, 1.807) is 0 Å². The van der Waals surface area contributed by atoms with Gasteiger partial charge in [-0.1, -0.05) is 45.0 Å². The van der Waals surface area contributed by atoms with Gasteiger partial charge in [-0.05, 0) is 42.2 Å². The third-order valence-electron chi connectivity index (χ3n) is 5.90. The van der Waals surface area contributed by atoms with Crippen molar-refractivity contribution in [2.75, 3.05) is 38.2 Å². The topological polar surface area (TPSA) is 61.8 Å². The second-order valence-corrected chi connectivity index (χ2v) is 8.86. The molecular formula is C25H38IN5O. The summed E-state index contributed by atoms with van der Waals surface area (Å²) in [6.07, 6.45) is 3.18. The number of pyridine rings is 1. The zero-order valence-electron chi connectivity index (χ0n) is 20.0. The van der Waals surface area contributed by atoms with Crippen molar-refractivity contribution < 1.29 is 4.74 Å². The first-order valence-electron chi connectivity index (χ1n) is 11.3. The lowest BCUT2D eigenvalue weighted by atomic mass is 9.84. The summed E-state index contributed by atoms with van der Waals surface area (Å²) < 4.78 is 5.65. The number of nitrogens with zero attached hydrogens (tertiary/aromatic N) is 3. The van der Waals surface area contributed by atoms with E-state index in [9.17, 15) is 0 Å². The lowest BCUT2D eigenvalue weighted by Crippen LogP contribution is -2.43. The van der Waals surface area contributed by atoms with Crippen molar-refractivity contribution in [3.63, 3.8) is 0 Å². The van der Waals surface area contributed by atoms with Gasteiger partial charge in [0.2, 0.25) is 0 Å². The minimum Gasteiger partial charge on any atom is -0.375 e. The number of aryl methyl sites for hydroxylation is 1. The number of guanidine groups is 1. The molecule has 32 heavy (non-hydrogen) atoms. The van der Waals surface area contributed by atoms with Crippen LogP contribution in [0, 0.1) is 0 Å². The zero-order chi connectivity index (χ0) is 22.3. The maximum Gasteiger partial charge on any atom is 0.191 e. The molecule has 6 nitrogen and oxygen atoms in total. The fraction of sp³-hybridized carbons (Fsp3) is 0.520. The third-order valence-corrected chi connectivity index (χ3v) is 5.90.